The molecule has 0 spiro atoms. The average Bonchev–Trinajstić information content (AvgIpc) is 3.22. The molecule has 1 amide bonds. The van der Waals surface area contributed by atoms with Gasteiger partial charge < -0.3 is 9.47 Å². The topological polar surface area (TPSA) is 71.4 Å². The molecule has 128 valence electrons. The van der Waals surface area contributed by atoms with Crippen LogP contribution in [0, 0.1) is 6.92 Å². The Morgan fingerprint density at radius 1 is 1.17 bits per heavy atom. The van der Waals surface area contributed by atoms with E-state index in [2.05, 4.69) is 4.72 Å². The first-order chi connectivity index (χ1) is 10.9. The smallest absolute Gasteiger partial charge is 0.270 e. The first-order valence-electron chi connectivity index (χ1n) is 8.38. The first kappa shape index (κ1) is 16.5. The van der Waals surface area contributed by atoms with Gasteiger partial charge in [0.2, 0.25) is 10.0 Å². The summed E-state index contributed by atoms with van der Waals surface area (Å²) in [5.74, 6) is -0.0737. The van der Waals surface area contributed by atoms with Gasteiger partial charge in [0, 0.05) is 31.9 Å². The zero-order valence-corrected chi connectivity index (χ0v) is 14.7. The van der Waals surface area contributed by atoms with Gasteiger partial charge in [-0.15, -0.1) is 0 Å². The zero-order chi connectivity index (χ0) is 16.6. The van der Waals surface area contributed by atoms with Crippen molar-refractivity contribution >= 4 is 15.9 Å². The second kappa shape index (κ2) is 6.28. The second-order valence-electron chi connectivity index (χ2n) is 6.64. The fourth-order valence-corrected chi connectivity index (χ4v) is 5.15. The van der Waals surface area contributed by atoms with E-state index in [4.69, 9.17) is 0 Å². The van der Waals surface area contributed by atoms with E-state index in [0.29, 0.717) is 11.4 Å². The van der Waals surface area contributed by atoms with Gasteiger partial charge in [0.15, 0.2) is 0 Å². The van der Waals surface area contributed by atoms with Crippen LogP contribution >= 0.6 is 0 Å². The van der Waals surface area contributed by atoms with Crippen molar-refractivity contribution in [3.05, 3.63) is 17.5 Å². The van der Waals surface area contributed by atoms with Crippen LogP contribution in [0.1, 0.15) is 54.7 Å². The van der Waals surface area contributed by atoms with Gasteiger partial charge >= 0.3 is 0 Å². The summed E-state index contributed by atoms with van der Waals surface area (Å²) in [4.78, 5) is 14.6. The maximum atomic E-state index is 12.7. The molecule has 3 rings (SSSR count). The van der Waals surface area contributed by atoms with Crippen LogP contribution in [0.5, 0.6) is 0 Å². The van der Waals surface area contributed by atoms with Crippen molar-refractivity contribution in [3.63, 3.8) is 0 Å². The van der Waals surface area contributed by atoms with Crippen molar-refractivity contribution < 1.29 is 13.2 Å². The number of nitrogens with one attached hydrogen (secondary N) is 1. The Morgan fingerprint density at radius 3 is 2.39 bits per heavy atom. The minimum absolute atomic E-state index is 0.0253. The van der Waals surface area contributed by atoms with E-state index < -0.39 is 10.0 Å². The predicted molar refractivity (Wildman–Crippen MR) is 87.9 cm³/mol. The van der Waals surface area contributed by atoms with Crippen LogP contribution in [0.25, 0.3) is 0 Å². The fraction of sp³-hybridized carbons (Fsp3) is 0.688. The fourth-order valence-electron chi connectivity index (χ4n) is 3.56. The number of amides is 1. The zero-order valence-electron chi connectivity index (χ0n) is 13.8. The van der Waals surface area contributed by atoms with Crippen LogP contribution in [0.2, 0.25) is 0 Å². The van der Waals surface area contributed by atoms with E-state index in [1.807, 2.05) is 0 Å². The van der Waals surface area contributed by atoms with Gasteiger partial charge in [-0.1, -0.05) is 12.8 Å². The summed E-state index contributed by atoms with van der Waals surface area (Å²) < 4.78 is 29.8. The molecule has 0 aromatic carbocycles. The highest BCUT2D eigenvalue weighted by Gasteiger charge is 2.29. The summed E-state index contributed by atoms with van der Waals surface area (Å²) in [5, 5.41) is 0. The third kappa shape index (κ3) is 3.17. The van der Waals surface area contributed by atoms with Gasteiger partial charge in [-0.05, 0) is 38.7 Å². The van der Waals surface area contributed by atoms with Crippen LogP contribution in [0.3, 0.4) is 0 Å². The molecule has 7 heteroatoms. The second-order valence-corrected chi connectivity index (χ2v) is 8.32. The van der Waals surface area contributed by atoms with Crippen molar-refractivity contribution in [2.24, 2.45) is 7.05 Å². The Hall–Kier alpha value is -1.34. The van der Waals surface area contributed by atoms with E-state index in [9.17, 15) is 13.2 Å². The number of aromatic nitrogens is 1. The summed E-state index contributed by atoms with van der Waals surface area (Å²) in [5.41, 5.74) is 1.06. The molecule has 0 unspecified atom stereocenters. The molecule has 0 radical (unpaired) electrons. The highest BCUT2D eigenvalue weighted by molar-refractivity contribution is 7.89. The number of nitrogens with zero attached hydrogens (tertiary/aromatic N) is 2. The average molecular weight is 339 g/mol. The molecule has 6 nitrogen and oxygen atoms in total. The van der Waals surface area contributed by atoms with Gasteiger partial charge in [0.1, 0.15) is 10.6 Å². The summed E-state index contributed by atoms with van der Waals surface area (Å²) in [6.07, 6.45) is 5.96. The molecular formula is C16H25N3O3S. The Kier molecular flexibility index (Phi) is 4.51. The minimum atomic E-state index is -3.57. The van der Waals surface area contributed by atoms with Crippen LogP contribution in [0.4, 0.5) is 0 Å². The van der Waals surface area contributed by atoms with Crippen molar-refractivity contribution in [2.75, 3.05) is 13.1 Å². The standard InChI is InChI=1S/C16H25N3O3S/c1-12-15(23(21,22)17-13-7-3-4-8-13)11-14(18(12)2)16(20)19-9-5-6-10-19/h11,13,17H,3-10H2,1-2H3. The third-order valence-electron chi connectivity index (χ3n) is 5.07. The van der Waals surface area contributed by atoms with Crippen LogP contribution in [0.15, 0.2) is 11.0 Å². The number of carbonyl (C=O) groups is 1. The minimum Gasteiger partial charge on any atom is -0.343 e. The quantitative estimate of drug-likeness (QED) is 0.909. The van der Waals surface area contributed by atoms with Crippen LogP contribution < -0.4 is 4.72 Å². The maximum absolute atomic E-state index is 12.7. The maximum Gasteiger partial charge on any atom is 0.270 e. The van der Waals surface area contributed by atoms with Crippen molar-refractivity contribution in [3.8, 4) is 0 Å². The lowest BCUT2D eigenvalue weighted by Crippen LogP contribution is -2.32. The molecule has 2 aliphatic rings. The lowest BCUT2D eigenvalue weighted by atomic mass is 10.3. The summed E-state index contributed by atoms with van der Waals surface area (Å²) in [7, 11) is -1.82. The first-order valence-corrected chi connectivity index (χ1v) is 9.86. The van der Waals surface area contributed by atoms with Gasteiger partial charge in [-0.25, -0.2) is 13.1 Å². The molecule has 1 saturated heterocycles. The molecule has 2 fully saturated rings. The summed E-state index contributed by atoms with van der Waals surface area (Å²) in [6.45, 7) is 3.26. The molecule has 0 atom stereocenters. The lowest BCUT2D eigenvalue weighted by molar-refractivity contribution is 0.0783. The molecule has 1 aromatic heterocycles. The molecule has 0 bridgehead atoms. The van der Waals surface area contributed by atoms with Crippen LogP contribution in [-0.2, 0) is 17.1 Å². The number of sulfonamides is 1. The molecule has 1 aromatic rings. The van der Waals surface area contributed by atoms with Crippen molar-refractivity contribution in [1.29, 1.82) is 0 Å². The van der Waals surface area contributed by atoms with Gasteiger partial charge in [0.25, 0.3) is 5.91 Å². The Morgan fingerprint density at radius 2 is 1.78 bits per heavy atom. The third-order valence-corrected chi connectivity index (χ3v) is 6.70. The molecule has 1 N–H and O–H groups in total. The summed E-state index contributed by atoms with van der Waals surface area (Å²) >= 11 is 0. The molecule has 1 saturated carbocycles. The Bertz CT molecular complexity index is 696. The summed E-state index contributed by atoms with van der Waals surface area (Å²) in [6, 6.07) is 1.56. The Balaban J connectivity index is 1.88. The number of hydrogen-bond acceptors (Lipinski definition) is 3. The van der Waals surface area contributed by atoms with Crippen molar-refractivity contribution in [2.45, 2.75) is 56.4 Å². The SMILES string of the molecule is Cc1c(S(=O)(=O)NC2CCCC2)cc(C(=O)N2CCCC2)n1C. The molecule has 1 aliphatic carbocycles. The molecular weight excluding hydrogens is 314 g/mol. The van der Waals surface area contributed by atoms with E-state index >= 15 is 0 Å². The Labute approximate surface area is 137 Å². The van der Waals surface area contributed by atoms with Gasteiger partial charge in [0.05, 0.1) is 0 Å². The van der Waals surface area contributed by atoms with E-state index in [1.165, 1.54) is 6.07 Å². The molecule has 2 heterocycles. The van der Waals surface area contributed by atoms with E-state index in [0.717, 1.165) is 51.6 Å². The number of carbonyl (C=O) groups excluding carboxylic acids is 1. The van der Waals surface area contributed by atoms with Crippen molar-refractivity contribution in [1.82, 2.24) is 14.2 Å². The lowest BCUT2D eigenvalue weighted by Gasteiger charge is -2.15. The number of likely N-dealkylation sites (tertiary alicyclic amines) is 1. The predicted octanol–water partition coefficient (Wildman–Crippen LogP) is 1.79. The van der Waals surface area contributed by atoms with Crippen LogP contribution in [-0.4, -0.2) is 42.9 Å². The highest BCUT2D eigenvalue weighted by atomic mass is 32.2. The number of rotatable bonds is 4. The molecule has 1 aliphatic heterocycles. The monoisotopic (exact) mass is 339 g/mol. The van der Waals surface area contributed by atoms with E-state index in [-0.39, 0.29) is 16.8 Å². The normalized spacial score (nSPS) is 19.7. The highest BCUT2D eigenvalue weighted by Crippen LogP contribution is 2.25. The van der Waals surface area contributed by atoms with E-state index in [1.54, 1.807) is 23.4 Å². The largest absolute Gasteiger partial charge is 0.343 e. The number of hydrogen-bond donors (Lipinski definition) is 1. The van der Waals surface area contributed by atoms with Gasteiger partial charge in [-0.2, -0.15) is 0 Å². The molecule has 23 heavy (non-hydrogen) atoms. The van der Waals surface area contributed by atoms with Gasteiger partial charge in [-0.3, -0.25) is 4.79 Å².